The average molecular weight is 639 g/mol. The van der Waals surface area contributed by atoms with Crippen LogP contribution in [0.25, 0.3) is 0 Å². The van der Waals surface area contributed by atoms with E-state index in [2.05, 4.69) is 5.32 Å². The second kappa shape index (κ2) is 12.5. The van der Waals surface area contributed by atoms with E-state index >= 15 is 0 Å². The van der Waals surface area contributed by atoms with E-state index in [0.717, 1.165) is 22.5 Å². The molecule has 228 valence electrons. The molecule has 0 radical (unpaired) electrons. The molecule has 0 aliphatic heterocycles. The summed E-state index contributed by atoms with van der Waals surface area (Å²) < 4.78 is 110. The number of methoxy groups -OCH3 is 1. The molecule has 1 heterocycles. The Balaban J connectivity index is 1.67. The van der Waals surface area contributed by atoms with Crippen LogP contribution >= 0.6 is 0 Å². The topological polar surface area (TPSA) is 132 Å². The quantitative estimate of drug-likeness (QED) is 0.215. The average Bonchev–Trinajstić information content (AvgIpc) is 3.45. The minimum Gasteiger partial charge on any atom is -0.493 e. The van der Waals surface area contributed by atoms with Gasteiger partial charge < -0.3 is 18.7 Å². The van der Waals surface area contributed by atoms with Crippen molar-refractivity contribution in [3.8, 4) is 11.5 Å². The summed E-state index contributed by atoms with van der Waals surface area (Å²) in [6, 6.07) is 15.8. The van der Waals surface area contributed by atoms with Crippen LogP contribution in [0.15, 0.2) is 99.3 Å². The number of hydrogen-bond donors (Lipinski definition) is 1. The van der Waals surface area contributed by atoms with E-state index in [1.165, 1.54) is 62.8 Å². The van der Waals surface area contributed by atoms with Gasteiger partial charge in [0, 0.05) is 19.2 Å². The first-order valence-corrected chi connectivity index (χ1v) is 15.2. The van der Waals surface area contributed by atoms with Gasteiger partial charge in [-0.05, 0) is 72.3 Å². The van der Waals surface area contributed by atoms with Gasteiger partial charge in [0.25, 0.3) is 0 Å². The van der Waals surface area contributed by atoms with Gasteiger partial charge in [-0.1, -0.05) is 12.1 Å². The third-order valence-corrected chi connectivity index (χ3v) is 9.00. The van der Waals surface area contributed by atoms with E-state index in [4.69, 9.17) is 13.3 Å². The molecular formula is C28H25F3N2O8S2. The lowest BCUT2D eigenvalue weighted by molar-refractivity contribution is -0.137. The van der Waals surface area contributed by atoms with Crippen molar-refractivity contribution >= 4 is 31.7 Å². The van der Waals surface area contributed by atoms with Crippen molar-refractivity contribution in [2.45, 2.75) is 36.0 Å². The number of sulfonamides is 1. The number of alkyl halides is 3. The van der Waals surface area contributed by atoms with Crippen LogP contribution in [0.1, 0.15) is 23.8 Å². The summed E-state index contributed by atoms with van der Waals surface area (Å²) in [4.78, 5) is 10.5. The number of rotatable bonds is 11. The summed E-state index contributed by atoms with van der Waals surface area (Å²) in [5.74, 6) is -0.445. The molecule has 1 N–H and O–H groups in total. The first-order chi connectivity index (χ1) is 20.2. The summed E-state index contributed by atoms with van der Waals surface area (Å²) in [5, 5.41) is 2.55. The number of carbonyl (C=O) groups is 1. The Morgan fingerprint density at radius 2 is 1.60 bits per heavy atom. The first kappa shape index (κ1) is 31.6. The highest BCUT2D eigenvalue weighted by Gasteiger charge is 2.32. The molecule has 1 aromatic heterocycles. The Morgan fingerprint density at radius 3 is 2.21 bits per heavy atom. The standard InChI is InChI=1S/C28H25F3N2O8S2/c1-19(34)32-22-9-11-24(12-10-22)42(35,36)33(18-23-6-4-14-40-23)17-20-8-13-26(39-2)27(15-20)41-43(37,38)25-7-3-5-21(16-25)28(29,30)31/h3-16H,17-18H2,1-2H3,(H,32,34). The number of amides is 1. The highest BCUT2D eigenvalue weighted by Crippen LogP contribution is 2.34. The molecule has 0 unspecified atom stereocenters. The van der Waals surface area contributed by atoms with E-state index in [9.17, 15) is 34.8 Å². The predicted molar refractivity (Wildman–Crippen MR) is 148 cm³/mol. The van der Waals surface area contributed by atoms with Gasteiger partial charge in [-0.25, -0.2) is 8.42 Å². The lowest BCUT2D eigenvalue weighted by Crippen LogP contribution is -2.30. The number of halogens is 3. The van der Waals surface area contributed by atoms with Gasteiger partial charge in [-0.2, -0.15) is 25.9 Å². The molecule has 0 spiro atoms. The van der Waals surface area contributed by atoms with E-state index in [1.807, 2.05) is 0 Å². The van der Waals surface area contributed by atoms with Gasteiger partial charge in [-0.3, -0.25) is 4.79 Å². The lowest BCUT2D eigenvalue weighted by Gasteiger charge is -2.22. The molecule has 3 aromatic carbocycles. The minimum absolute atomic E-state index is 0.0618. The highest BCUT2D eigenvalue weighted by atomic mass is 32.2. The zero-order valence-electron chi connectivity index (χ0n) is 22.7. The van der Waals surface area contributed by atoms with Gasteiger partial charge in [0.2, 0.25) is 15.9 Å². The number of hydrogen-bond acceptors (Lipinski definition) is 8. The lowest BCUT2D eigenvalue weighted by atomic mass is 10.2. The monoisotopic (exact) mass is 638 g/mol. The molecule has 43 heavy (non-hydrogen) atoms. The SMILES string of the molecule is COc1ccc(CN(Cc2ccco2)S(=O)(=O)c2ccc(NC(C)=O)cc2)cc1OS(=O)(=O)c1cccc(C(F)(F)F)c1. The Bertz CT molecular complexity index is 1810. The van der Waals surface area contributed by atoms with Gasteiger partial charge >= 0.3 is 16.3 Å². The molecule has 0 atom stereocenters. The molecule has 0 bridgehead atoms. The Kier molecular flexibility index (Phi) is 9.18. The van der Waals surface area contributed by atoms with Gasteiger partial charge in [-0.15, -0.1) is 0 Å². The van der Waals surface area contributed by atoms with Crippen molar-refractivity contribution in [2.75, 3.05) is 12.4 Å². The third kappa shape index (κ3) is 7.74. The fraction of sp³-hybridized carbons (Fsp3) is 0.179. The van der Waals surface area contributed by atoms with Crippen LogP contribution in [-0.2, 0) is 44.2 Å². The zero-order chi connectivity index (χ0) is 31.4. The van der Waals surface area contributed by atoms with Crippen LogP contribution in [0.5, 0.6) is 11.5 Å². The highest BCUT2D eigenvalue weighted by molar-refractivity contribution is 7.89. The number of anilines is 1. The summed E-state index contributed by atoms with van der Waals surface area (Å²) in [7, 11) is -7.70. The van der Waals surface area contributed by atoms with Crippen molar-refractivity contribution in [3.63, 3.8) is 0 Å². The minimum atomic E-state index is -4.78. The maximum Gasteiger partial charge on any atom is 0.416 e. The van der Waals surface area contributed by atoms with Crippen LogP contribution in [0.2, 0.25) is 0 Å². The molecule has 0 fully saturated rings. The third-order valence-electron chi connectivity index (χ3n) is 5.96. The molecule has 4 aromatic rings. The number of nitrogens with one attached hydrogen (secondary N) is 1. The summed E-state index contributed by atoms with van der Waals surface area (Å²) in [5.41, 5.74) is -0.523. The van der Waals surface area contributed by atoms with Crippen molar-refractivity contribution in [3.05, 3.63) is 102 Å². The molecule has 0 aliphatic carbocycles. The van der Waals surface area contributed by atoms with Crippen LogP contribution < -0.4 is 14.2 Å². The maximum absolute atomic E-state index is 13.7. The number of furan rings is 1. The number of nitrogens with zero attached hydrogens (tertiary/aromatic N) is 1. The molecule has 1 amide bonds. The van der Waals surface area contributed by atoms with Crippen molar-refractivity contribution in [1.82, 2.24) is 4.31 Å². The van der Waals surface area contributed by atoms with Gasteiger partial charge in [0.15, 0.2) is 11.5 Å². The first-order valence-electron chi connectivity index (χ1n) is 12.4. The zero-order valence-corrected chi connectivity index (χ0v) is 24.3. The molecule has 0 saturated heterocycles. The van der Waals surface area contributed by atoms with Gasteiger partial charge in [0.1, 0.15) is 10.7 Å². The van der Waals surface area contributed by atoms with Crippen molar-refractivity contribution in [1.29, 1.82) is 0 Å². The van der Waals surface area contributed by atoms with Crippen molar-refractivity contribution in [2.24, 2.45) is 0 Å². The number of ether oxygens (including phenoxy) is 1. The molecular weight excluding hydrogens is 613 g/mol. The molecule has 10 nitrogen and oxygen atoms in total. The summed E-state index contributed by atoms with van der Waals surface area (Å²) in [6.45, 7) is 0.821. The molecule has 4 rings (SSSR count). The fourth-order valence-corrected chi connectivity index (χ4v) is 6.32. The largest absolute Gasteiger partial charge is 0.493 e. The van der Waals surface area contributed by atoms with Crippen molar-refractivity contribution < 1.29 is 48.1 Å². The van der Waals surface area contributed by atoms with E-state index < -0.39 is 36.8 Å². The second-order valence-electron chi connectivity index (χ2n) is 9.11. The maximum atomic E-state index is 13.7. The fourth-order valence-electron chi connectivity index (χ4n) is 3.95. The van der Waals surface area contributed by atoms with Crippen LogP contribution in [0.4, 0.5) is 18.9 Å². The van der Waals surface area contributed by atoms with Crippen LogP contribution in [0.3, 0.4) is 0 Å². The van der Waals surface area contributed by atoms with Crippen LogP contribution in [-0.4, -0.2) is 34.2 Å². The van der Waals surface area contributed by atoms with Gasteiger partial charge in [0.05, 0.1) is 30.4 Å². The molecule has 0 aliphatic rings. The molecule has 0 saturated carbocycles. The summed E-state index contributed by atoms with van der Waals surface area (Å²) >= 11 is 0. The molecule has 15 heteroatoms. The van der Waals surface area contributed by atoms with Crippen LogP contribution in [0, 0.1) is 0 Å². The number of carbonyl (C=O) groups excluding carboxylic acids is 1. The Hall–Kier alpha value is -4.34. The summed E-state index contributed by atoms with van der Waals surface area (Å²) in [6.07, 6.45) is -3.41. The van der Waals surface area contributed by atoms with E-state index in [0.29, 0.717) is 17.5 Å². The second-order valence-corrected chi connectivity index (χ2v) is 12.6. The Morgan fingerprint density at radius 1 is 0.884 bits per heavy atom. The number of benzene rings is 3. The normalized spacial score (nSPS) is 12.2. The van der Waals surface area contributed by atoms with E-state index in [-0.39, 0.29) is 41.0 Å². The smallest absolute Gasteiger partial charge is 0.416 e. The Labute approximate surface area is 245 Å². The predicted octanol–water partition coefficient (Wildman–Crippen LogP) is 5.42. The van der Waals surface area contributed by atoms with E-state index in [1.54, 1.807) is 12.1 Å².